The Hall–Kier alpha value is -2.10. The van der Waals surface area contributed by atoms with Crippen molar-refractivity contribution in [2.45, 2.75) is 26.2 Å². The van der Waals surface area contributed by atoms with Crippen LogP contribution in [-0.4, -0.2) is 21.3 Å². The Labute approximate surface area is 106 Å². The number of hydrogen-bond acceptors (Lipinski definition) is 2. The van der Waals surface area contributed by atoms with Crippen LogP contribution in [0.1, 0.15) is 36.7 Å². The molecule has 0 aliphatic carbocycles. The number of hydrogen-bond donors (Lipinski definition) is 2. The van der Waals surface area contributed by atoms with E-state index in [0.717, 1.165) is 11.1 Å². The first-order valence-electron chi connectivity index (χ1n) is 5.77. The molecule has 2 rings (SSSR count). The molecular formula is C14H16N2O2. The molecule has 0 saturated heterocycles. The SMILES string of the molecule is CC(C)(C)c1cccc(-c2[nH]ncc2C(=O)O)c1. The average molecular weight is 244 g/mol. The monoisotopic (exact) mass is 244 g/mol. The van der Waals surface area contributed by atoms with Crippen LogP contribution in [0.5, 0.6) is 0 Å². The van der Waals surface area contributed by atoms with Crippen LogP contribution in [0.2, 0.25) is 0 Å². The second kappa shape index (κ2) is 4.29. The lowest BCUT2D eigenvalue weighted by Gasteiger charge is -2.19. The second-order valence-electron chi connectivity index (χ2n) is 5.29. The Bertz CT molecular complexity index is 579. The molecule has 0 fully saturated rings. The van der Waals surface area contributed by atoms with Crippen molar-refractivity contribution in [2.75, 3.05) is 0 Å². The van der Waals surface area contributed by atoms with Gasteiger partial charge in [0.2, 0.25) is 0 Å². The summed E-state index contributed by atoms with van der Waals surface area (Å²) in [4.78, 5) is 11.1. The van der Waals surface area contributed by atoms with E-state index in [4.69, 9.17) is 5.11 Å². The number of aromatic nitrogens is 2. The summed E-state index contributed by atoms with van der Waals surface area (Å²) < 4.78 is 0. The molecular weight excluding hydrogens is 228 g/mol. The van der Waals surface area contributed by atoms with Gasteiger partial charge in [-0.3, -0.25) is 5.10 Å². The van der Waals surface area contributed by atoms with E-state index in [1.807, 2.05) is 24.3 Å². The van der Waals surface area contributed by atoms with E-state index in [2.05, 4.69) is 31.0 Å². The second-order valence-corrected chi connectivity index (χ2v) is 5.29. The number of nitrogens with one attached hydrogen (secondary N) is 1. The Morgan fingerprint density at radius 1 is 1.33 bits per heavy atom. The lowest BCUT2D eigenvalue weighted by Crippen LogP contribution is -2.10. The third-order valence-electron chi connectivity index (χ3n) is 2.89. The van der Waals surface area contributed by atoms with Gasteiger partial charge in [0.15, 0.2) is 0 Å². The Morgan fingerprint density at radius 2 is 2.06 bits per heavy atom. The van der Waals surface area contributed by atoms with Gasteiger partial charge >= 0.3 is 5.97 Å². The third kappa shape index (κ3) is 2.27. The highest BCUT2D eigenvalue weighted by molar-refractivity contribution is 5.94. The molecule has 1 heterocycles. The molecule has 1 aromatic heterocycles. The number of carbonyl (C=O) groups is 1. The largest absolute Gasteiger partial charge is 0.478 e. The number of carboxylic acids is 1. The van der Waals surface area contributed by atoms with Gasteiger partial charge in [0, 0.05) is 5.56 Å². The van der Waals surface area contributed by atoms with Gasteiger partial charge in [-0.15, -0.1) is 0 Å². The highest BCUT2D eigenvalue weighted by Gasteiger charge is 2.17. The molecule has 0 atom stereocenters. The molecule has 0 unspecified atom stereocenters. The zero-order valence-electron chi connectivity index (χ0n) is 10.7. The predicted octanol–water partition coefficient (Wildman–Crippen LogP) is 3.07. The maximum absolute atomic E-state index is 11.1. The number of aromatic carboxylic acids is 1. The van der Waals surface area contributed by atoms with Gasteiger partial charge in [-0.1, -0.05) is 39.0 Å². The van der Waals surface area contributed by atoms with Gasteiger partial charge in [-0.25, -0.2) is 4.79 Å². The smallest absolute Gasteiger partial charge is 0.339 e. The topological polar surface area (TPSA) is 66.0 Å². The minimum atomic E-state index is -0.972. The summed E-state index contributed by atoms with van der Waals surface area (Å²) in [7, 11) is 0. The number of aromatic amines is 1. The standard InChI is InChI=1S/C14H16N2O2/c1-14(2,3)10-6-4-5-9(7-10)12-11(13(17)18)8-15-16-12/h4-8H,1-3H3,(H,15,16)(H,17,18). The zero-order valence-corrected chi connectivity index (χ0v) is 10.7. The minimum absolute atomic E-state index is 0.0272. The van der Waals surface area contributed by atoms with Crippen LogP contribution in [0.3, 0.4) is 0 Å². The lowest BCUT2D eigenvalue weighted by atomic mass is 9.86. The van der Waals surface area contributed by atoms with Crippen LogP contribution in [-0.2, 0) is 5.41 Å². The summed E-state index contributed by atoms with van der Waals surface area (Å²) >= 11 is 0. The van der Waals surface area contributed by atoms with Crippen LogP contribution in [0.4, 0.5) is 0 Å². The van der Waals surface area contributed by atoms with Crippen molar-refractivity contribution in [1.29, 1.82) is 0 Å². The lowest BCUT2D eigenvalue weighted by molar-refractivity contribution is 0.0698. The van der Waals surface area contributed by atoms with Gasteiger partial charge in [0.1, 0.15) is 5.56 Å². The van der Waals surface area contributed by atoms with E-state index in [1.54, 1.807) is 0 Å². The molecule has 0 bridgehead atoms. The van der Waals surface area contributed by atoms with Crippen molar-refractivity contribution in [2.24, 2.45) is 0 Å². The van der Waals surface area contributed by atoms with Crippen molar-refractivity contribution >= 4 is 5.97 Å². The van der Waals surface area contributed by atoms with Crippen molar-refractivity contribution in [3.63, 3.8) is 0 Å². The van der Waals surface area contributed by atoms with Gasteiger partial charge in [0.25, 0.3) is 0 Å². The van der Waals surface area contributed by atoms with E-state index in [9.17, 15) is 4.79 Å². The third-order valence-corrected chi connectivity index (χ3v) is 2.89. The van der Waals surface area contributed by atoms with Crippen LogP contribution in [0.25, 0.3) is 11.3 Å². The normalized spacial score (nSPS) is 11.5. The Balaban J connectivity index is 2.52. The molecule has 0 aliphatic heterocycles. The van der Waals surface area contributed by atoms with Crippen molar-refractivity contribution in [3.05, 3.63) is 41.6 Å². The summed E-state index contributed by atoms with van der Waals surface area (Å²) in [5, 5.41) is 15.6. The van der Waals surface area contributed by atoms with E-state index in [1.165, 1.54) is 6.20 Å². The first kappa shape index (κ1) is 12.4. The molecule has 0 saturated carbocycles. The fraction of sp³-hybridized carbons (Fsp3) is 0.286. The number of H-pyrrole nitrogens is 1. The highest BCUT2D eigenvalue weighted by Crippen LogP contribution is 2.28. The summed E-state index contributed by atoms with van der Waals surface area (Å²) in [6.07, 6.45) is 1.33. The number of rotatable bonds is 2. The van der Waals surface area contributed by atoms with Gasteiger partial charge in [0.05, 0.1) is 11.9 Å². The maximum atomic E-state index is 11.1. The van der Waals surface area contributed by atoms with E-state index >= 15 is 0 Å². The maximum Gasteiger partial charge on any atom is 0.339 e. The zero-order chi connectivity index (χ0) is 13.3. The van der Waals surface area contributed by atoms with Crippen LogP contribution in [0.15, 0.2) is 30.5 Å². The van der Waals surface area contributed by atoms with Gasteiger partial charge < -0.3 is 5.11 Å². The molecule has 0 aliphatic rings. The fourth-order valence-electron chi connectivity index (χ4n) is 1.81. The van der Waals surface area contributed by atoms with Crippen LogP contribution < -0.4 is 0 Å². The van der Waals surface area contributed by atoms with Gasteiger partial charge in [-0.2, -0.15) is 5.10 Å². The molecule has 4 heteroatoms. The molecule has 2 aromatic rings. The predicted molar refractivity (Wildman–Crippen MR) is 69.7 cm³/mol. The summed E-state index contributed by atoms with van der Waals surface area (Å²) in [6.45, 7) is 6.37. The molecule has 0 amide bonds. The molecule has 0 spiro atoms. The van der Waals surface area contributed by atoms with E-state index in [0.29, 0.717) is 5.69 Å². The van der Waals surface area contributed by atoms with Crippen LogP contribution >= 0.6 is 0 Å². The van der Waals surface area contributed by atoms with Crippen molar-refractivity contribution in [3.8, 4) is 11.3 Å². The number of benzene rings is 1. The number of carboxylic acid groups (broad SMARTS) is 1. The van der Waals surface area contributed by atoms with Crippen LogP contribution in [0, 0.1) is 0 Å². The first-order valence-corrected chi connectivity index (χ1v) is 5.77. The first-order chi connectivity index (χ1) is 8.39. The molecule has 4 nitrogen and oxygen atoms in total. The van der Waals surface area contributed by atoms with E-state index in [-0.39, 0.29) is 11.0 Å². The molecule has 18 heavy (non-hydrogen) atoms. The summed E-state index contributed by atoms with van der Waals surface area (Å²) in [6, 6.07) is 7.86. The molecule has 1 aromatic carbocycles. The molecule has 94 valence electrons. The molecule has 2 N–H and O–H groups in total. The highest BCUT2D eigenvalue weighted by atomic mass is 16.4. The quantitative estimate of drug-likeness (QED) is 0.853. The Morgan fingerprint density at radius 3 is 2.67 bits per heavy atom. The van der Waals surface area contributed by atoms with Gasteiger partial charge in [-0.05, 0) is 17.0 Å². The minimum Gasteiger partial charge on any atom is -0.478 e. The Kier molecular flexibility index (Phi) is 2.95. The van der Waals surface area contributed by atoms with E-state index < -0.39 is 5.97 Å². The fourth-order valence-corrected chi connectivity index (χ4v) is 1.81. The summed E-state index contributed by atoms with van der Waals surface area (Å²) in [5.74, 6) is -0.972. The molecule has 0 radical (unpaired) electrons. The van der Waals surface area contributed by atoms with Crippen molar-refractivity contribution in [1.82, 2.24) is 10.2 Å². The summed E-state index contributed by atoms with van der Waals surface area (Å²) in [5.41, 5.74) is 2.78. The number of nitrogens with zero attached hydrogens (tertiary/aromatic N) is 1. The average Bonchev–Trinajstić information content (AvgIpc) is 2.77. The van der Waals surface area contributed by atoms with Crippen molar-refractivity contribution < 1.29 is 9.90 Å².